The zero-order chi connectivity index (χ0) is 25.1. The lowest BCUT2D eigenvalue weighted by molar-refractivity contribution is 0.0942. The van der Waals surface area contributed by atoms with E-state index in [1.807, 2.05) is 47.0 Å². The zero-order valence-corrected chi connectivity index (χ0v) is 21.2. The van der Waals surface area contributed by atoms with Crippen LogP contribution in [0.1, 0.15) is 39.3 Å². The highest BCUT2D eigenvalue weighted by molar-refractivity contribution is 8.00. The Morgan fingerprint density at radius 2 is 1.67 bits per heavy atom. The topological polar surface area (TPSA) is 69.6 Å². The fourth-order valence-corrected chi connectivity index (χ4v) is 5.55. The number of hydrogen-bond donors (Lipinski definition) is 1. The number of carbonyl (C=O) groups is 2. The second-order valence-electron chi connectivity index (χ2n) is 8.72. The number of carbonyl (C=O) groups excluding carboxylic acids is 2. The van der Waals surface area contributed by atoms with E-state index in [-0.39, 0.29) is 11.8 Å². The Hall–Kier alpha value is -3.71. The van der Waals surface area contributed by atoms with E-state index in [1.54, 1.807) is 25.3 Å². The fraction of sp³-hybridized carbons (Fsp3) is 0.241. The molecule has 0 spiro atoms. The molecule has 5 rings (SSSR count). The number of nitrogens with zero attached hydrogens (tertiary/aromatic N) is 1. The number of amides is 1. The van der Waals surface area contributed by atoms with Gasteiger partial charge in [0.25, 0.3) is 5.91 Å². The van der Waals surface area contributed by atoms with Gasteiger partial charge in [0.05, 0.1) is 25.5 Å². The number of benzene rings is 3. The number of rotatable bonds is 7. The highest BCUT2D eigenvalue weighted by Gasteiger charge is 2.23. The van der Waals surface area contributed by atoms with Crippen LogP contribution in [-0.4, -0.2) is 36.4 Å². The van der Waals surface area contributed by atoms with Crippen molar-refractivity contribution in [3.05, 3.63) is 83.6 Å². The highest BCUT2D eigenvalue weighted by Crippen LogP contribution is 2.33. The summed E-state index contributed by atoms with van der Waals surface area (Å²) in [5.41, 5.74) is 4.68. The van der Waals surface area contributed by atoms with Crippen LogP contribution in [0.3, 0.4) is 0 Å². The van der Waals surface area contributed by atoms with Crippen LogP contribution in [0, 0.1) is 0 Å². The Morgan fingerprint density at radius 1 is 0.917 bits per heavy atom. The highest BCUT2D eigenvalue weighted by atomic mass is 32.2. The number of para-hydroxylation sites is 1. The molecule has 184 valence electrons. The van der Waals surface area contributed by atoms with Crippen LogP contribution in [0.15, 0.2) is 71.6 Å². The van der Waals surface area contributed by atoms with Crippen LogP contribution >= 0.6 is 11.8 Å². The molecule has 4 aromatic rings. The van der Waals surface area contributed by atoms with Crippen molar-refractivity contribution in [3.63, 3.8) is 0 Å². The molecule has 0 saturated heterocycles. The van der Waals surface area contributed by atoms with Crippen molar-refractivity contribution in [1.82, 2.24) is 4.57 Å². The lowest BCUT2D eigenvalue weighted by atomic mass is 9.96. The van der Waals surface area contributed by atoms with Crippen LogP contribution in [0.5, 0.6) is 11.5 Å². The average molecular weight is 501 g/mol. The number of anilines is 1. The van der Waals surface area contributed by atoms with Gasteiger partial charge in [0.1, 0.15) is 0 Å². The van der Waals surface area contributed by atoms with Crippen molar-refractivity contribution in [1.29, 1.82) is 0 Å². The molecule has 3 aromatic carbocycles. The second kappa shape index (κ2) is 10.5. The summed E-state index contributed by atoms with van der Waals surface area (Å²) in [7, 11) is 3.09. The summed E-state index contributed by atoms with van der Waals surface area (Å²) in [6.45, 7) is 0. The van der Waals surface area contributed by atoms with Gasteiger partial charge in [-0.3, -0.25) is 14.2 Å². The SMILES string of the molecule is COc1ccc(C(=O)Nc2ccc(SCC(=O)n3c4c(c5ccccc53)CCCC4)cc2)cc1OC. The first kappa shape index (κ1) is 24.0. The number of thioether (sulfide) groups is 1. The fourth-order valence-electron chi connectivity index (χ4n) is 4.81. The molecule has 1 aromatic heterocycles. The van der Waals surface area contributed by atoms with Crippen LogP contribution < -0.4 is 14.8 Å². The average Bonchev–Trinajstić information content (AvgIpc) is 3.26. The normalized spacial score (nSPS) is 12.7. The van der Waals surface area contributed by atoms with Crippen molar-refractivity contribution in [2.24, 2.45) is 0 Å². The largest absolute Gasteiger partial charge is 0.493 e. The van der Waals surface area contributed by atoms with Gasteiger partial charge >= 0.3 is 0 Å². The molecular weight excluding hydrogens is 472 g/mol. The van der Waals surface area contributed by atoms with Gasteiger partial charge in [-0.25, -0.2) is 0 Å². The van der Waals surface area contributed by atoms with Crippen LogP contribution in [0.4, 0.5) is 5.69 Å². The van der Waals surface area contributed by atoms with Gasteiger partial charge in [0.15, 0.2) is 11.5 Å². The summed E-state index contributed by atoms with van der Waals surface area (Å²) < 4.78 is 12.5. The maximum atomic E-state index is 13.3. The Bertz CT molecular complexity index is 1430. The number of ether oxygens (including phenoxy) is 2. The van der Waals surface area contributed by atoms with Crippen LogP contribution in [0.2, 0.25) is 0 Å². The molecule has 1 N–H and O–H groups in total. The number of methoxy groups -OCH3 is 2. The lowest BCUT2D eigenvalue weighted by Crippen LogP contribution is -2.18. The predicted molar refractivity (Wildman–Crippen MR) is 144 cm³/mol. The van der Waals surface area contributed by atoms with Gasteiger partial charge in [0, 0.05) is 27.2 Å². The van der Waals surface area contributed by atoms with Gasteiger partial charge in [0.2, 0.25) is 5.91 Å². The van der Waals surface area contributed by atoms with Crippen LogP contribution in [-0.2, 0) is 12.8 Å². The number of fused-ring (bicyclic) bond motifs is 3. The van der Waals surface area contributed by atoms with Crippen molar-refractivity contribution < 1.29 is 19.1 Å². The van der Waals surface area contributed by atoms with Crippen molar-refractivity contribution >= 4 is 40.2 Å². The summed E-state index contributed by atoms with van der Waals surface area (Å²) in [6, 6.07) is 20.8. The first-order valence-corrected chi connectivity index (χ1v) is 13.0. The van der Waals surface area contributed by atoms with E-state index < -0.39 is 0 Å². The zero-order valence-electron chi connectivity index (χ0n) is 20.4. The standard InChI is InChI=1S/C29H28N2O4S/c1-34-26-16-11-19(17-27(26)35-2)29(33)30-20-12-14-21(15-13-20)36-18-28(32)31-24-9-5-3-7-22(24)23-8-4-6-10-25(23)31/h3,5,7,9,11-17H,4,6,8,10,18H2,1-2H3,(H,30,33). The maximum absolute atomic E-state index is 13.3. The molecule has 0 fully saturated rings. The number of aryl methyl sites for hydroxylation is 1. The smallest absolute Gasteiger partial charge is 0.255 e. The third kappa shape index (κ3) is 4.71. The van der Waals surface area contributed by atoms with E-state index in [0.29, 0.717) is 28.5 Å². The van der Waals surface area contributed by atoms with Crippen molar-refractivity contribution in [3.8, 4) is 11.5 Å². The molecule has 0 bridgehead atoms. The molecule has 0 atom stereocenters. The van der Waals surface area contributed by atoms with Crippen LogP contribution in [0.25, 0.3) is 10.9 Å². The maximum Gasteiger partial charge on any atom is 0.255 e. The van der Waals surface area contributed by atoms with Gasteiger partial charge in [-0.05, 0) is 79.8 Å². The molecule has 1 aliphatic rings. The van der Waals surface area contributed by atoms with E-state index in [1.165, 1.54) is 41.9 Å². The summed E-state index contributed by atoms with van der Waals surface area (Å²) in [6.07, 6.45) is 4.30. The van der Waals surface area contributed by atoms with Gasteiger partial charge in [-0.15, -0.1) is 11.8 Å². The third-order valence-electron chi connectivity index (χ3n) is 6.55. The summed E-state index contributed by atoms with van der Waals surface area (Å²) >= 11 is 1.51. The molecule has 0 radical (unpaired) electrons. The Morgan fingerprint density at radius 3 is 2.44 bits per heavy atom. The molecule has 1 heterocycles. The number of nitrogens with one attached hydrogen (secondary N) is 1. The molecule has 36 heavy (non-hydrogen) atoms. The van der Waals surface area contributed by atoms with E-state index >= 15 is 0 Å². The summed E-state index contributed by atoms with van der Waals surface area (Å²) in [4.78, 5) is 26.9. The minimum absolute atomic E-state index is 0.102. The predicted octanol–water partition coefficient (Wildman–Crippen LogP) is 6.22. The molecule has 0 unspecified atom stereocenters. The van der Waals surface area contributed by atoms with E-state index in [9.17, 15) is 9.59 Å². The monoisotopic (exact) mass is 500 g/mol. The molecule has 0 aliphatic heterocycles. The number of aromatic nitrogens is 1. The molecule has 6 nitrogen and oxygen atoms in total. The molecule has 0 saturated carbocycles. The minimum atomic E-state index is -0.240. The van der Waals surface area contributed by atoms with E-state index in [2.05, 4.69) is 11.4 Å². The van der Waals surface area contributed by atoms with Crippen molar-refractivity contribution in [2.75, 3.05) is 25.3 Å². The lowest BCUT2D eigenvalue weighted by Gasteiger charge is -2.15. The Balaban J connectivity index is 1.25. The Kier molecular flexibility index (Phi) is 7.00. The van der Waals surface area contributed by atoms with E-state index in [4.69, 9.17) is 9.47 Å². The first-order chi connectivity index (χ1) is 17.6. The van der Waals surface area contributed by atoms with Crippen molar-refractivity contribution in [2.45, 2.75) is 30.6 Å². The Labute approximate surface area is 214 Å². The molecule has 1 amide bonds. The molecular formula is C29H28N2O4S. The number of hydrogen-bond acceptors (Lipinski definition) is 5. The third-order valence-corrected chi connectivity index (χ3v) is 7.55. The van der Waals surface area contributed by atoms with Gasteiger partial charge in [-0.1, -0.05) is 18.2 Å². The van der Waals surface area contributed by atoms with Gasteiger partial charge in [-0.2, -0.15) is 0 Å². The van der Waals surface area contributed by atoms with Gasteiger partial charge < -0.3 is 14.8 Å². The molecule has 1 aliphatic carbocycles. The molecule has 7 heteroatoms. The first-order valence-electron chi connectivity index (χ1n) is 12.0. The van der Waals surface area contributed by atoms with E-state index in [0.717, 1.165) is 29.7 Å². The minimum Gasteiger partial charge on any atom is -0.493 e. The summed E-state index contributed by atoms with van der Waals surface area (Å²) in [5, 5.41) is 4.11. The quantitative estimate of drug-likeness (QED) is 0.305. The second-order valence-corrected chi connectivity index (χ2v) is 9.76. The summed E-state index contributed by atoms with van der Waals surface area (Å²) in [5.74, 6) is 1.28.